The molecule has 0 unspecified atom stereocenters. The summed E-state index contributed by atoms with van der Waals surface area (Å²) < 4.78 is 6.17. The molecule has 0 aromatic heterocycles. The van der Waals surface area contributed by atoms with Crippen molar-refractivity contribution in [3.05, 3.63) is 67.9 Å². The standard InChI is InChI=1S/C15H8BrNO5/c16-10-3-1-2-9-14(19)13(22-15(9)10)7-8-4-5-12(18)11(6-8)17(20)21/h1-7,18H/b13-7-. The predicted octanol–water partition coefficient (Wildman–Crippen LogP) is 3.68. The third-order valence-corrected chi connectivity index (χ3v) is 3.77. The zero-order valence-electron chi connectivity index (χ0n) is 10.9. The van der Waals surface area contributed by atoms with Gasteiger partial charge in [0.15, 0.2) is 17.3 Å². The minimum atomic E-state index is -0.694. The number of nitro groups is 1. The van der Waals surface area contributed by atoms with E-state index >= 15 is 0 Å². The van der Waals surface area contributed by atoms with E-state index in [9.17, 15) is 20.0 Å². The van der Waals surface area contributed by atoms with Crippen LogP contribution in [0.3, 0.4) is 0 Å². The van der Waals surface area contributed by atoms with Crippen LogP contribution in [0.2, 0.25) is 0 Å². The summed E-state index contributed by atoms with van der Waals surface area (Å²) in [5, 5.41) is 20.2. The maximum absolute atomic E-state index is 12.2. The summed E-state index contributed by atoms with van der Waals surface area (Å²) in [6, 6.07) is 8.95. The first-order valence-electron chi connectivity index (χ1n) is 6.17. The summed E-state index contributed by atoms with van der Waals surface area (Å²) in [5.41, 5.74) is 0.379. The second-order valence-corrected chi connectivity index (χ2v) is 5.42. The van der Waals surface area contributed by atoms with E-state index in [0.717, 1.165) is 0 Å². The molecule has 3 rings (SSSR count). The number of nitrogens with zero attached hydrogens (tertiary/aromatic N) is 1. The number of benzene rings is 2. The van der Waals surface area contributed by atoms with E-state index < -0.39 is 16.4 Å². The third-order valence-electron chi connectivity index (χ3n) is 3.14. The Morgan fingerprint density at radius 3 is 2.73 bits per heavy atom. The molecule has 1 heterocycles. The van der Waals surface area contributed by atoms with Crippen molar-refractivity contribution in [3.63, 3.8) is 0 Å². The van der Waals surface area contributed by atoms with E-state index in [1.165, 1.54) is 24.3 Å². The number of phenols is 1. The highest BCUT2D eigenvalue weighted by atomic mass is 79.9. The zero-order valence-corrected chi connectivity index (χ0v) is 12.5. The van der Waals surface area contributed by atoms with Crippen LogP contribution in [0.4, 0.5) is 5.69 Å². The number of nitro benzene ring substituents is 1. The summed E-state index contributed by atoms with van der Waals surface area (Å²) in [6.45, 7) is 0. The zero-order chi connectivity index (χ0) is 15.9. The molecule has 1 aliphatic heterocycles. The Balaban J connectivity index is 2.02. The molecular weight excluding hydrogens is 354 g/mol. The molecule has 22 heavy (non-hydrogen) atoms. The van der Waals surface area contributed by atoms with Crippen LogP contribution in [0.1, 0.15) is 15.9 Å². The van der Waals surface area contributed by atoms with Crippen LogP contribution in [0.5, 0.6) is 11.5 Å². The Morgan fingerprint density at radius 1 is 1.27 bits per heavy atom. The number of allylic oxidation sites excluding steroid dienone is 1. The van der Waals surface area contributed by atoms with Gasteiger partial charge in [-0.15, -0.1) is 0 Å². The molecule has 1 aliphatic rings. The molecule has 0 saturated heterocycles. The van der Waals surface area contributed by atoms with Gasteiger partial charge in [0.05, 0.1) is 15.0 Å². The molecule has 110 valence electrons. The largest absolute Gasteiger partial charge is 0.502 e. The summed E-state index contributed by atoms with van der Waals surface area (Å²) >= 11 is 3.30. The number of rotatable bonds is 2. The summed E-state index contributed by atoms with van der Waals surface area (Å²) in [7, 11) is 0. The summed E-state index contributed by atoms with van der Waals surface area (Å²) in [6.07, 6.45) is 1.40. The topological polar surface area (TPSA) is 89.7 Å². The monoisotopic (exact) mass is 361 g/mol. The second-order valence-electron chi connectivity index (χ2n) is 4.56. The number of fused-ring (bicyclic) bond motifs is 1. The maximum atomic E-state index is 12.2. The second kappa shape index (κ2) is 5.27. The number of phenolic OH excluding ortho intramolecular Hbond substituents is 1. The molecule has 0 fully saturated rings. The number of hydrogen-bond donors (Lipinski definition) is 1. The van der Waals surface area contributed by atoms with Crippen molar-refractivity contribution in [2.24, 2.45) is 0 Å². The van der Waals surface area contributed by atoms with E-state index in [4.69, 9.17) is 4.74 Å². The highest BCUT2D eigenvalue weighted by Crippen LogP contribution is 2.38. The van der Waals surface area contributed by atoms with Gasteiger partial charge < -0.3 is 9.84 Å². The molecule has 0 amide bonds. The smallest absolute Gasteiger partial charge is 0.311 e. The number of aromatic hydroxyl groups is 1. The quantitative estimate of drug-likeness (QED) is 0.500. The fraction of sp³-hybridized carbons (Fsp3) is 0. The Bertz CT molecular complexity index is 844. The first-order valence-corrected chi connectivity index (χ1v) is 6.97. The van der Waals surface area contributed by atoms with Crippen LogP contribution in [0.25, 0.3) is 6.08 Å². The van der Waals surface area contributed by atoms with E-state index in [2.05, 4.69) is 15.9 Å². The van der Waals surface area contributed by atoms with Crippen LogP contribution in [0.15, 0.2) is 46.6 Å². The van der Waals surface area contributed by atoms with Crippen LogP contribution in [-0.2, 0) is 0 Å². The molecule has 1 N–H and O–H groups in total. The third kappa shape index (κ3) is 2.35. The van der Waals surface area contributed by atoms with E-state index in [1.54, 1.807) is 18.2 Å². The van der Waals surface area contributed by atoms with Crippen LogP contribution in [-0.4, -0.2) is 15.8 Å². The van der Waals surface area contributed by atoms with Crippen molar-refractivity contribution < 1.29 is 19.6 Å². The molecule has 0 aliphatic carbocycles. The number of para-hydroxylation sites is 1. The number of Topliss-reactive ketones (excluding diaryl/α,β-unsaturated/α-hetero) is 1. The van der Waals surface area contributed by atoms with Crippen molar-refractivity contribution in [1.29, 1.82) is 0 Å². The van der Waals surface area contributed by atoms with Crippen molar-refractivity contribution in [2.45, 2.75) is 0 Å². The van der Waals surface area contributed by atoms with Gasteiger partial charge in [-0.05, 0) is 45.8 Å². The molecule has 0 bridgehead atoms. The Morgan fingerprint density at radius 2 is 2.05 bits per heavy atom. The molecule has 0 atom stereocenters. The van der Waals surface area contributed by atoms with Gasteiger partial charge in [0, 0.05) is 6.07 Å². The van der Waals surface area contributed by atoms with Gasteiger partial charge in [-0.25, -0.2) is 0 Å². The fourth-order valence-corrected chi connectivity index (χ4v) is 2.55. The normalized spacial score (nSPS) is 14.8. The van der Waals surface area contributed by atoms with Gasteiger partial charge in [-0.1, -0.05) is 12.1 Å². The first-order chi connectivity index (χ1) is 10.5. The highest BCUT2D eigenvalue weighted by Gasteiger charge is 2.29. The number of hydrogen-bond acceptors (Lipinski definition) is 5. The molecule has 2 aromatic carbocycles. The van der Waals surface area contributed by atoms with E-state index in [1.807, 2.05) is 0 Å². The number of ether oxygens (including phenoxy) is 1. The average molecular weight is 362 g/mol. The lowest BCUT2D eigenvalue weighted by Gasteiger charge is -2.01. The minimum Gasteiger partial charge on any atom is -0.502 e. The van der Waals surface area contributed by atoms with Crippen molar-refractivity contribution in [2.75, 3.05) is 0 Å². The van der Waals surface area contributed by atoms with Gasteiger partial charge in [0.1, 0.15) is 0 Å². The minimum absolute atomic E-state index is 0.0712. The summed E-state index contributed by atoms with van der Waals surface area (Å²) in [5.74, 6) is -0.238. The lowest BCUT2D eigenvalue weighted by atomic mass is 10.1. The van der Waals surface area contributed by atoms with Crippen molar-refractivity contribution >= 4 is 33.5 Å². The van der Waals surface area contributed by atoms with Crippen molar-refractivity contribution in [3.8, 4) is 11.5 Å². The first kappa shape index (κ1) is 14.3. The Hall–Kier alpha value is -2.67. The lowest BCUT2D eigenvalue weighted by molar-refractivity contribution is -0.385. The van der Waals surface area contributed by atoms with Crippen LogP contribution in [0, 0.1) is 10.1 Å². The molecular formula is C15H8BrNO5. The average Bonchev–Trinajstić information content (AvgIpc) is 2.79. The number of carbonyl (C=O) groups excluding carboxylic acids is 1. The van der Waals surface area contributed by atoms with Gasteiger partial charge in [0.25, 0.3) is 0 Å². The molecule has 0 radical (unpaired) electrons. The van der Waals surface area contributed by atoms with Gasteiger partial charge in [-0.2, -0.15) is 0 Å². The number of halogens is 1. The van der Waals surface area contributed by atoms with Crippen LogP contribution >= 0.6 is 15.9 Å². The van der Waals surface area contributed by atoms with Gasteiger partial charge in [0.2, 0.25) is 5.78 Å². The Kier molecular flexibility index (Phi) is 3.42. The van der Waals surface area contributed by atoms with E-state index in [-0.39, 0.29) is 11.5 Å². The van der Waals surface area contributed by atoms with Crippen molar-refractivity contribution in [1.82, 2.24) is 0 Å². The van der Waals surface area contributed by atoms with Gasteiger partial charge >= 0.3 is 5.69 Å². The molecule has 0 saturated carbocycles. The number of carbonyl (C=O) groups is 1. The molecule has 7 heteroatoms. The SMILES string of the molecule is O=C1/C(=C/c2ccc(O)c([N+](=O)[O-])c2)Oc2c(Br)cccc21. The Labute approximate surface area is 132 Å². The van der Waals surface area contributed by atoms with E-state index in [0.29, 0.717) is 21.3 Å². The summed E-state index contributed by atoms with van der Waals surface area (Å²) in [4.78, 5) is 22.4. The lowest BCUT2D eigenvalue weighted by Crippen LogP contribution is -1.98. The molecule has 0 spiro atoms. The highest BCUT2D eigenvalue weighted by molar-refractivity contribution is 9.10. The maximum Gasteiger partial charge on any atom is 0.311 e. The molecule has 2 aromatic rings. The number of ketones is 1. The fourth-order valence-electron chi connectivity index (χ4n) is 2.10. The van der Waals surface area contributed by atoms with Gasteiger partial charge in [-0.3, -0.25) is 14.9 Å². The van der Waals surface area contributed by atoms with Crippen LogP contribution < -0.4 is 4.74 Å². The predicted molar refractivity (Wildman–Crippen MR) is 81.8 cm³/mol. The molecule has 6 nitrogen and oxygen atoms in total.